The molecule has 1 aliphatic rings. The summed E-state index contributed by atoms with van der Waals surface area (Å²) in [6.07, 6.45) is 10.3. The maximum absolute atomic E-state index is 12.1. The predicted octanol–water partition coefficient (Wildman–Crippen LogP) is 3.27. The van der Waals surface area contributed by atoms with Gasteiger partial charge in [0.2, 0.25) is 0 Å². The summed E-state index contributed by atoms with van der Waals surface area (Å²) >= 11 is 0. The molecule has 0 aromatic carbocycles. The van der Waals surface area contributed by atoms with Gasteiger partial charge in [0.05, 0.1) is 32.0 Å². The molecule has 10 nitrogen and oxygen atoms in total. The van der Waals surface area contributed by atoms with Crippen LogP contribution in [0.2, 0.25) is 0 Å². The molecule has 3 N–H and O–H groups in total. The van der Waals surface area contributed by atoms with Crippen LogP contribution in [0.5, 0.6) is 0 Å². The van der Waals surface area contributed by atoms with Crippen LogP contribution < -0.4 is 16.1 Å². The number of hydrogen-bond donors (Lipinski definition) is 3. The number of pyridine rings is 1. The zero-order valence-electron chi connectivity index (χ0n) is 20.2. The van der Waals surface area contributed by atoms with E-state index >= 15 is 0 Å². The Balaban J connectivity index is 1.44. The normalized spacial score (nSPS) is 16.5. The summed E-state index contributed by atoms with van der Waals surface area (Å²) in [4.78, 5) is 28.1. The zero-order chi connectivity index (χ0) is 24.4. The van der Waals surface area contributed by atoms with E-state index < -0.39 is 6.09 Å². The second-order valence-corrected chi connectivity index (χ2v) is 8.03. The summed E-state index contributed by atoms with van der Waals surface area (Å²) in [5.74, 6) is 0.350. The number of carbonyl (C=O) groups excluding carboxylic acids is 2. The molecule has 0 radical (unpaired) electrons. The SMILES string of the molecule is CC(C)=NNc1ccc(C(=O)NCCOCCOCCNC(=O)OC2C/C=C/CCCC2)cn1. The van der Waals surface area contributed by atoms with Gasteiger partial charge in [0.1, 0.15) is 11.9 Å². The van der Waals surface area contributed by atoms with Crippen LogP contribution in [-0.2, 0) is 14.2 Å². The van der Waals surface area contributed by atoms with Gasteiger partial charge >= 0.3 is 6.09 Å². The third-order valence-corrected chi connectivity index (χ3v) is 4.83. The van der Waals surface area contributed by atoms with Crippen LogP contribution in [0.15, 0.2) is 35.6 Å². The lowest BCUT2D eigenvalue weighted by atomic mass is 10.0. The second-order valence-electron chi connectivity index (χ2n) is 8.03. The molecule has 10 heteroatoms. The molecular formula is C24H37N5O5. The lowest BCUT2D eigenvalue weighted by Crippen LogP contribution is -2.31. The molecular weight excluding hydrogens is 438 g/mol. The third kappa shape index (κ3) is 12.3. The molecule has 1 aromatic heterocycles. The van der Waals surface area contributed by atoms with E-state index in [9.17, 15) is 9.59 Å². The van der Waals surface area contributed by atoms with E-state index in [2.05, 4.69) is 38.3 Å². The number of alkyl carbamates (subject to hydrolysis) is 1. The summed E-state index contributed by atoms with van der Waals surface area (Å²) in [7, 11) is 0. The van der Waals surface area contributed by atoms with Gasteiger partial charge in [-0.2, -0.15) is 5.10 Å². The van der Waals surface area contributed by atoms with Gasteiger partial charge in [0.25, 0.3) is 5.91 Å². The molecule has 1 heterocycles. The molecule has 0 fully saturated rings. The molecule has 0 saturated carbocycles. The second kappa shape index (κ2) is 16.6. The highest BCUT2D eigenvalue weighted by atomic mass is 16.6. The van der Waals surface area contributed by atoms with Crippen LogP contribution in [0.1, 0.15) is 56.3 Å². The summed E-state index contributed by atoms with van der Waals surface area (Å²) in [5, 5.41) is 9.54. The van der Waals surface area contributed by atoms with Crippen molar-refractivity contribution in [2.75, 3.05) is 44.9 Å². The monoisotopic (exact) mass is 475 g/mol. The fourth-order valence-electron chi connectivity index (χ4n) is 3.07. The Bertz CT molecular complexity index is 793. The Morgan fingerprint density at radius 2 is 1.79 bits per heavy atom. The molecule has 1 atom stereocenters. The van der Waals surface area contributed by atoms with Crippen LogP contribution in [0.4, 0.5) is 10.6 Å². The number of allylic oxidation sites excluding steroid dienone is 1. The minimum Gasteiger partial charge on any atom is -0.446 e. The van der Waals surface area contributed by atoms with E-state index in [1.807, 2.05) is 13.8 Å². The predicted molar refractivity (Wildman–Crippen MR) is 131 cm³/mol. The Morgan fingerprint density at radius 3 is 2.50 bits per heavy atom. The molecule has 0 aliphatic heterocycles. The first-order valence-corrected chi connectivity index (χ1v) is 11.8. The van der Waals surface area contributed by atoms with Gasteiger partial charge in [-0.05, 0) is 51.7 Å². The highest BCUT2D eigenvalue weighted by molar-refractivity contribution is 5.94. The molecule has 1 unspecified atom stereocenters. The van der Waals surface area contributed by atoms with Crippen molar-refractivity contribution in [2.24, 2.45) is 5.10 Å². The van der Waals surface area contributed by atoms with Crippen LogP contribution in [-0.4, -0.2) is 68.3 Å². The van der Waals surface area contributed by atoms with Crippen molar-refractivity contribution in [2.45, 2.75) is 52.1 Å². The fourth-order valence-corrected chi connectivity index (χ4v) is 3.07. The number of nitrogens with one attached hydrogen (secondary N) is 3. The number of ether oxygens (including phenoxy) is 3. The Kier molecular flexibility index (Phi) is 13.3. The van der Waals surface area contributed by atoms with E-state index in [1.54, 1.807) is 12.1 Å². The maximum atomic E-state index is 12.1. The first kappa shape index (κ1) is 27.3. The minimum atomic E-state index is -0.403. The molecule has 34 heavy (non-hydrogen) atoms. The van der Waals surface area contributed by atoms with Crippen molar-refractivity contribution in [3.8, 4) is 0 Å². The Hall–Kier alpha value is -2.98. The van der Waals surface area contributed by atoms with E-state index in [4.69, 9.17) is 14.2 Å². The van der Waals surface area contributed by atoms with Crippen molar-refractivity contribution in [3.63, 3.8) is 0 Å². The van der Waals surface area contributed by atoms with E-state index in [-0.39, 0.29) is 12.0 Å². The molecule has 0 saturated heterocycles. The number of anilines is 1. The molecule has 0 spiro atoms. The number of hydrogen-bond acceptors (Lipinski definition) is 8. The van der Waals surface area contributed by atoms with Gasteiger partial charge in [0.15, 0.2) is 0 Å². The molecule has 1 aromatic rings. The van der Waals surface area contributed by atoms with E-state index in [1.165, 1.54) is 6.20 Å². The first-order valence-electron chi connectivity index (χ1n) is 11.8. The summed E-state index contributed by atoms with van der Waals surface area (Å²) in [6.45, 7) is 6.04. The van der Waals surface area contributed by atoms with Crippen molar-refractivity contribution >= 4 is 23.5 Å². The molecule has 188 valence electrons. The highest BCUT2D eigenvalue weighted by Gasteiger charge is 2.13. The van der Waals surface area contributed by atoms with Gasteiger partial charge < -0.3 is 24.8 Å². The Labute approximate surface area is 201 Å². The van der Waals surface area contributed by atoms with Crippen LogP contribution in [0, 0.1) is 0 Å². The van der Waals surface area contributed by atoms with Crippen molar-refractivity contribution < 1.29 is 23.8 Å². The summed E-state index contributed by atoms with van der Waals surface area (Å²) in [6, 6.07) is 3.37. The van der Waals surface area contributed by atoms with Gasteiger partial charge in [-0.1, -0.05) is 12.2 Å². The quantitative estimate of drug-likeness (QED) is 0.173. The van der Waals surface area contributed by atoms with Gasteiger partial charge in [-0.3, -0.25) is 10.2 Å². The lowest BCUT2D eigenvalue weighted by molar-refractivity contribution is 0.0471. The van der Waals surface area contributed by atoms with Gasteiger partial charge in [-0.15, -0.1) is 0 Å². The average molecular weight is 476 g/mol. The van der Waals surface area contributed by atoms with Crippen molar-refractivity contribution in [3.05, 3.63) is 36.0 Å². The first-order chi connectivity index (χ1) is 16.5. The number of nitrogens with zero attached hydrogens (tertiary/aromatic N) is 2. The number of carbonyl (C=O) groups is 2. The van der Waals surface area contributed by atoms with Crippen molar-refractivity contribution in [1.82, 2.24) is 15.6 Å². The maximum Gasteiger partial charge on any atom is 0.407 e. The number of hydrazone groups is 1. The number of amides is 2. The minimum absolute atomic E-state index is 0.0520. The molecule has 2 rings (SSSR count). The topological polar surface area (TPSA) is 123 Å². The van der Waals surface area contributed by atoms with Gasteiger partial charge in [0, 0.05) is 31.4 Å². The van der Waals surface area contributed by atoms with E-state index in [0.717, 1.165) is 37.8 Å². The molecule has 1 aliphatic carbocycles. The van der Waals surface area contributed by atoms with Crippen LogP contribution in [0.3, 0.4) is 0 Å². The van der Waals surface area contributed by atoms with E-state index in [0.29, 0.717) is 50.9 Å². The standard InChI is InChI=1S/C24H37N5O5/c1-19(2)28-29-22-11-10-20(18-27-22)23(30)25-12-14-32-16-17-33-15-13-26-24(31)34-21-8-6-4-3-5-7-9-21/h4,6,10-11,18,21H,3,5,7-9,12-17H2,1-2H3,(H,25,30)(H,26,31)(H,27,29)/b6-4+. The number of aromatic nitrogens is 1. The zero-order valence-corrected chi connectivity index (χ0v) is 20.2. The number of rotatable bonds is 13. The van der Waals surface area contributed by atoms with Crippen LogP contribution in [0.25, 0.3) is 0 Å². The Morgan fingerprint density at radius 1 is 1.03 bits per heavy atom. The molecule has 0 bridgehead atoms. The smallest absolute Gasteiger partial charge is 0.407 e. The summed E-state index contributed by atoms with van der Waals surface area (Å²) in [5.41, 5.74) is 4.14. The fraction of sp³-hybridized carbons (Fsp3) is 0.583. The summed E-state index contributed by atoms with van der Waals surface area (Å²) < 4.78 is 16.3. The lowest BCUT2D eigenvalue weighted by Gasteiger charge is -2.18. The average Bonchev–Trinajstić information content (AvgIpc) is 2.80. The third-order valence-electron chi connectivity index (χ3n) is 4.83. The van der Waals surface area contributed by atoms with Crippen molar-refractivity contribution in [1.29, 1.82) is 0 Å². The van der Waals surface area contributed by atoms with Gasteiger partial charge in [-0.25, -0.2) is 9.78 Å². The largest absolute Gasteiger partial charge is 0.446 e. The molecule has 2 amide bonds. The highest BCUT2D eigenvalue weighted by Crippen LogP contribution is 2.15. The van der Waals surface area contributed by atoms with Crippen LogP contribution >= 0.6 is 0 Å².